The Labute approximate surface area is 118 Å². The summed E-state index contributed by atoms with van der Waals surface area (Å²) >= 11 is 0. The van der Waals surface area contributed by atoms with Gasteiger partial charge in [0.2, 0.25) is 0 Å². The molecule has 3 fully saturated rings. The van der Waals surface area contributed by atoms with Gasteiger partial charge >= 0.3 is 5.97 Å². The highest BCUT2D eigenvalue weighted by Gasteiger charge is 2.86. The Balaban J connectivity index is 2.12. The highest BCUT2D eigenvalue weighted by Crippen LogP contribution is 2.80. The van der Waals surface area contributed by atoms with Gasteiger partial charge in [-0.05, 0) is 41.9 Å². The van der Waals surface area contributed by atoms with Crippen molar-refractivity contribution in [2.75, 3.05) is 6.61 Å². The van der Waals surface area contributed by atoms with E-state index in [-0.39, 0.29) is 17.3 Å². The van der Waals surface area contributed by atoms with Crippen molar-refractivity contribution in [3.05, 3.63) is 0 Å². The summed E-state index contributed by atoms with van der Waals surface area (Å²) < 4.78 is 0. The van der Waals surface area contributed by atoms with Gasteiger partial charge in [-0.2, -0.15) is 0 Å². The molecule has 6 atom stereocenters. The predicted octanol–water partition coefficient (Wildman–Crippen LogP) is 0.618. The first-order valence-corrected chi connectivity index (χ1v) is 7.30. The zero-order valence-corrected chi connectivity index (χ0v) is 12.3. The molecule has 5 heteroatoms. The number of aliphatic hydroxyl groups is 3. The molecule has 0 spiro atoms. The van der Waals surface area contributed by atoms with E-state index in [2.05, 4.69) is 13.8 Å². The molecule has 0 aromatic heterocycles. The fraction of sp³-hybridized carbons (Fsp3) is 0.933. The maximum Gasteiger partial charge on any atom is 0.313 e. The summed E-state index contributed by atoms with van der Waals surface area (Å²) in [4.78, 5) is 11.8. The molecule has 0 heterocycles. The second-order valence-corrected chi connectivity index (χ2v) is 8.17. The van der Waals surface area contributed by atoms with Gasteiger partial charge in [0, 0.05) is 0 Å². The molecule has 3 aliphatic rings. The van der Waals surface area contributed by atoms with Gasteiger partial charge in [-0.15, -0.1) is 0 Å². The number of aliphatic hydroxyl groups excluding tert-OH is 2. The SMILES string of the molecule is CC1(C)C[C@@H]2[C@@H](C1)[C@]1(C)C[C@]1(C(=O)O)[C@](O)(CO)[C@@H]2O. The summed E-state index contributed by atoms with van der Waals surface area (Å²) in [5, 5.41) is 40.6. The summed E-state index contributed by atoms with van der Waals surface area (Å²) in [5.74, 6) is -1.14. The first-order chi connectivity index (χ1) is 9.06. The van der Waals surface area contributed by atoms with E-state index in [1.54, 1.807) is 0 Å². The number of hydrogen-bond acceptors (Lipinski definition) is 4. The van der Waals surface area contributed by atoms with Crippen LogP contribution in [0.4, 0.5) is 0 Å². The molecule has 0 amide bonds. The van der Waals surface area contributed by atoms with Gasteiger partial charge in [0.05, 0.1) is 12.7 Å². The Morgan fingerprint density at radius 2 is 1.85 bits per heavy atom. The molecule has 0 aliphatic heterocycles. The number of rotatable bonds is 2. The Morgan fingerprint density at radius 1 is 1.25 bits per heavy atom. The van der Waals surface area contributed by atoms with Crippen LogP contribution in [-0.4, -0.2) is 44.7 Å². The van der Waals surface area contributed by atoms with Gasteiger partial charge < -0.3 is 20.4 Å². The number of fused-ring (bicyclic) bond motifs is 3. The molecular formula is C15H24O5. The lowest BCUT2D eigenvalue weighted by Crippen LogP contribution is -2.64. The minimum Gasteiger partial charge on any atom is -0.481 e. The fourth-order valence-corrected chi connectivity index (χ4v) is 5.58. The van der Waals surface area contributed by atoms with Crippen LogP contribution in [0.15, 0.2) is 0 Å². The van der Waals surface area contributed by atoms with Crippen molar-refractivity contribution >= 4 is 5.97 Å². The van der Waals surface area contributed by atoms with E-state index in [9.17, 15) is 25.2 Å². The smallest absolute Gasteiger partial charge is 0.313 e. The van der Waals surface area contributed by atoms with Gasteiger partial charge in [0.15, 0.2) is 0 Å². The van der Waals surface area contributed by atoms with E-state index in [0.717, 1.165) is 12.8 Å². The van der Waals surface area contributed by atoms with Gasteiger partial charge in [0.1, 0.15) is 11.0 Å². The molecule has 3 rings (SSSR count). The highest BCUT2D eigenvalue weighted by atomic mass is 16.4. The fourth-order valence-electron chi connectivity index (χ4n) is 5.58. The van der Waals surface area contributed by atoms with E-state index in [1.165, 1.54) is 0 Å². The Kier molecular flexibility index (Phi) is 2.55. The van der Waals surface area contributed by atoms with Crippen LogP contribution in [0.2, 0.25) is 0 Å². The van der Waals surface area contributed by atoms with Gasteiger partial charge in [-0.1, -0.05) is 20.8 Å². The third kappa shape index (κ3) is 1.27. The Morgan fingerprint density at radius 3 is 2.35 bits per heavy atom. The number of aliphatic carboxylic acids is 1. The normalized spacial score (nSPS) is 56.0. The lowest BCUT2D eigenvalue weighted by atomic mass is 9.60. The molecule has 5 nitrogen and oxygen atoms in total. The van der Waals surface area contributed by atoms with E-state index in [0.29, 0.717) is 6.42 Å². The third-order valence-corrected chi connectivity index (χ3v) is 6.62. The second-order valence-electron chi connectivity index (χ2n) is 8.17. The number of hydrogen-bond donors (Lipinski definition) is 4. The first kappa shape index (κ1) is 14.3. The molecule has 0 radical (unpaired) electrons. The average Bonchev–Trinajstić information content (AvgIpc) is 2.88. The summed E-state index contributed by atoms with van der Waals surface area (Å²) in [7, 11) is 0. The minimum atomic E-state index is -1.94. The van der Waals surface area contributed by atoms with Crippen LogP contribution >= 0.6 is 0 Å². The van der Waals surface area contributed by atoms with Crippen LogP contribution in [0.3, 0.4) is 0 Å². The molecule has 20 heavy (non-hydrogen) atoms. The topological polar surface area (TPSA) is 98.0 Å². The lowest BCUT2D eigenvalue weighted by Gasteiger charge is -2.49. The van der Waals surface area contributed by atoms with Crippen LogP contribution in [-0.2, 0) is 4.79 Å². The lowest BCUT2D eigenvalue weighted by molar-refractivity contribution is -0.218. The molecule has 0 aromatic rings. The van der Waals surface area contributed by atoms with E-state index >= 15 is 0 Å². The number of carboxylic acid groups (broad SMARTS) is 1. The van der Waals surface area contributed by atoms with E-state index in [4.69, 9.17) is 0 Å². The number of carboxylic acids is 1. The Hall–Kier alpha value is -0.650. The molecule has 4 N–H and O–H groups in total. The van der Waals surface area contributed by atoms with Crippen LogP contribution in [0.25, 0.3) is 0 Å². The molecule has 3 aliphatic carbocycles. The largest absolute Gasteiger partial charge is 0.481 e. The standard InChI is InChI=1S/C15H24O5/c1-12(2)4-8-9(5-12)13(3)6-14(13,11(18)19)15(20,7-16)10(8)17/h8-10,16-17,20H,4-7H2,1-3H3,(H,18,19)/t8-,9-,10-,13+,14-,15+/m1/s1. The molecule has 3 saturated carbocycles. The zero-order chi connectivity index (χ0) is 15.1. The van der Waals surface area contributed by atoms with Crippen LogP contribution in [0, 0.1) is 28.1 Å². The van der Waals surface area contributed by atoms with Crippen LogP contribution < -0.4 is 0 Å². The average molecular weight is 284 g/mol. The van der Waals surface area contributed by atoms with Crippen molar-refractivity contribution in [2.24, 2.45) is 28.1 Å². The molecular weight excluding hydrogens is 260 g/mol. The molecule has 114 valence electrons. The number of carbonyl (C=O) groups is 1. The molecule has 0 aromatic carbocycles. The molecule has 0 unspecified atom stereocenters. The van der Waals surface area contributed by atoms with Crippen molar-refractivity contribution in [2.45, 2.75) is 51.7 Å². The van der Waals surface area contributed by atoms with Gasteiger partial charge in [-0.25, -0.2) is 0 Å². The van der Waals surface area contributed by atoms with Crippen molar-refractivity contribution in [1.82, 2.24) is 0 Å². The third-order valence-electron chi connectivity index (χ3n) is 6.62. The van der Waals surface area contributed by atoms with Gasteiger partial charge in [0.25, 0.3) is 0 Å². The predicted molar refractivity (Wildman–Crippen MR) is 70.8 cm³/mol. The van der Waals surface area contributed by atoms with Crippen LogP contribution in [0.1, 0.15) is 40.0 Å². The molecule has 0 bridgehead atoms. The van der Waals surface area contributed by atoms with Crippen molar-refractivity contribution in [3.63, 3.8) is 0 Å². The van der Waals surface area contributed by atoms with Crippen molar-refractivity contribution in [3.8, 4) is 0 Å². The second kappa shape index (κ2) is 3.57. The maximum absolute atomic E-state index is 11.8. The first-order valence-electron chi connectivity index (χ1n) is 7.30. The quantitative estimate of drug-likeness (QED) is 0.596. The van der Waals surface area contributed by atoms with Crippen molar-refractivity contribution in [1.29, 1.82) is 0 Å². The minimum absolute atomic E-state index is 0.0346. The monoisotopic (exact) mass is 284 g/mol. The van der Waals surface area contributed by atoms with Crippen molar-refractivity contribution < 1.29 is 25.2 Å². The highest BCUT2D eigenvalue weighted by molar-refractivity contribution is 5.83. The van der Waals surface area contributed by atoms with Gasteiger partial charge in [-0.3, -0.25) is 4.79 Å². The van der Waals surface area contributed by atoms with E-state index < -0.39 is 35.1 Å². The van der Waals surface area contributed by atoms with E-state index in [1.807, 2.05) is 6.92 Å². The summed E-state index contributed by atoms with van der Waals surface area (Å²) in [6, 6.07) is 0. The Bertz CT molecular complexity index is 475. The zero-order valence-electron chi connectivity index (χ0n) is 12.3. The maximum atomic E-state index is 11.8. The summed E-state index contributed by atoms with van der Waals surface area (Å²) in [5.41, 5.74) is -3.84. The molecule has 0 saturated heterocycles. The summed E-state index contributed by atoms with van der Waals surface area (Å²) in [6.45, 7) is 5.42. The van der Waals surface area contributed by atoms with Crippen LogP contribution in [0.5, 0.6) is 0 Å². The summed E-state index contributed by atoms with van der Waals surface area (Å²) in [6.07, 6.45) is 0.778.